The molecule has 0 radical (unpaired) electrons. The van der Waals surface area contributed by atoms with Gasteiger partial charge >= 0.3 is 0 Å². The molecule has 2 aromatic rings. The second-order valence-corrected chi connectivity index (χ2v) is 6.62. The molecule has 2 atom stereocenters. The molecule has 142 valence electrons. The van der Waals surface area contributed by atoms with Crippen molar-refractivity contribution in [2.24, 2.45) is 13.0 Å². The van der Waals surface area contributed by atoms with E-state index in [0.717, 1.165) is 17.7 Å². The predicted molar refractivity (Wildman–Crippen MR) is 103 cm³/mol. The fourth-order valence-electron chi connectivity index (χ4n) is 3.28. The monoisotopic (exact) mass is 378 g/mol. The summed E-state index contributed by atoms with van der Waals surface area (Å²) in [6, 6.07) is 10.1. The summed E-state index contributed by atoms with van der Waals surface area (Å²) in [4.78, 5) is 14.6. The van der Waals surface area contributed by atoms with Gasteiger partial charge in [-0.05, 0) is 11.1 Å². The van der Waals surface area contributed by atoms with Crippen molar-refractivity contribution in [1.82, 2.24) is 20.0 Å². The molecule has 1 aromatic heterocycles. The Morgan fingerprint density at radius 1 is 1.35 bits per heavy atom. The van der Waals surface area contributed by atoms with E-state index in [2.05, 4.69) is 10.4 Å². The van der Waals surface area contributed by atoms with E-state index < -0.39 is 0 Å². The zero-order chi connectivity index (χ0) is 17.6. The fourth-order valence-corrected chi connectivity index (χ4v) is 3.28. The van der Waals surface area contributed by atoms with Crippen molar-refractivity contribution < 1.29 is 9.53 Å². The van der Waals surface area contributed by atoms with Gasteiger partial charge < -0.3 is 15.0 Å². The second kappa shape index (κ2) is 9.71. The lowest BCUT2D eigenvalue weighted by molar-refractivity contribution is -0.134. The number of halogens is 1. The van der Waals surface area contributed by atoms with E-state index in [1.54, 1.807) is 9.58 Å². The van der Waals surface area contributed by atoms with Crippen molar-refractivity contribution in [3.05, 3.63) is 53.9 Å². The van der Waals surface area contributed by atoms with Crippen molar-refractivity contribution in [1.29, 1.82) is 0 Å². The molecular weight excluding hydrogens is 352 g/mol. The third-order valence-corrected chi connectivity index (χ3v) is 4.74. The molecule has 26 heavy (non-hydrogen) atoms. The summed E-state index contributed by atoms with van der Waals surface area (Å²) in [5.74, 6) is 0.319. The first-order valence-corrected chi connectivity index (χ1v) is 8.71. The molecule has 1 N–H and O–H groups in total. The number of aryl methyl sites for hydroxylation is 1. The standard InChI is InChI=1S/C19H26N4O2.ClH/c1-22(8-9-25-14-15-6-4-3-5-7-15)19(24)18-12-20-11-17(18)16-10-21-23(2)13-16;/h3-7,10,13,17-18,20H,8-9,11-12,14H2,1-2H3;1H/t17-,18+;/m1./s1. The number of nitrogens with zero attached hydrogens (tertiary/aromatic N) is 3. The number of carbonyl (C=O) groups is 1. The smallest absolute Gasteiger partial charge is 0.227 e. The van der Waals surface area contributed by atoms with Crippen LogP contribution >= 0.6 is 12.4 Å². The molecule has 6 nitrogen and oxygen atoms in total. The van der Waals surface area contributed by atoms with E-state index in [1.165, 1.54) is 0 Å². The number of carbonyl (C=O) groups excluding carboxylic acids is 1. The first kappa shape index (κ1) is 20.4. The highest BCUT2D eigenvalue weighted by Gasteiger charge is 2.36. The summed E-state index contributed by atoms with van der Waals surface area (Å²) in [5.41, 5.74) is 2.27. The topological polar surface area (TPSA) is 59.4 Å². The summed E-state index contributed by atoms with van der Waals surface area (Å²) < 4.78 is 7.48. The molecule has 0 unspecified atom stereocenters. The summed E-state index contributed by atoms with van der Waals surface area (Å²) in [6.45, 7) is 3.25. The normalized spacial score (nSPS) is 19.2. The first-order valence-electron chi connectivity index (χ1n) is 8.71. The molecule has 0 aliphatic carbocycles. The maximum atomic E-state index is 12.8. The third kappa shape index (κ3) is 5.06. The van der Waals surface area contributed by atoms with Gasteiger partial charge in [0.05, 0.1) is 25.3 Å². The lowest BCUT2D eigenvalue weighted by Crippen LogP contribution is -2.38. The highest BCUT2D eigenvalue weighted by atomic mass is 35.5. The Morgan fingerprint density at radius 2 is 2.12 bits per heavy atom. The largest absolute Gasteiger partial charge is 0.375 e. The minimum absolute atomic E-state index is 0. The van der Waals surface area contributed by atoms with Crippen LogP contribution in [0.15, 0.2) is 42.7 Å². The number of hydrogen-bond acceptors (Lipinski definition) is 4. The van der Waals surface area contributed by atoms with Gasteiger partial charge in [0.1, 0.15) is 0 Å². The van der Waals surface area contributed by atoms with Gasteiger partial charge in [0, 0.05) is 45.8 Å². The van der Waals surface area contributed by atoms with Crippen LogP contribution in [0.4, 0.5) is 0 Å². The number of amides is 1. The molecule has 0 saturated carbocycles. The van der Waals surface area contributed by atoms with Crippen LogP contribution in [0.2, 0.25) is 0 Å². The minimum atomic E-state index is -0.0386. The van der Waals surface area contributed by atoms with E-state index in [-0.39, 0.29) is 30.2 Å². The zero-order valence-electron chi connectivity index (χ0n) is 15.3. The van der Waals surface area contributed by atoms with Crippen molar-refractivity contribution >= 4 is 18.3 Å². The van der Waals surface area contributed by atoms with Crippen LogP contribution in [0.25, 0.3) is 0 Å². The number of nitrogens with one attached hydrogen (secondary N) is 1. The lowest BCUT2D eigenvalue weighted by atomic mass is 9.90. The Balaban J connectivity index is 0.00000243. The molecule has 1 aliphatic rings. The van der Waals surface area contributed by atoms with E-state index >= 15 is 0 Å². The van der Waals surface area contributed by atoms with Crippen molar-refractivity contribution in [3.63, 3.8) is 0 Å². The Hall–Kier alpha value is -1.89. The van der Waals surface area contributed by atoms with E-state index in [1.807, 2.05) is 56.8 Å². The van der Waals surface area contributed by atoms with Crippen molar-refractivity contribution in [2.45, 2.75) is 12.5 Å². The fraction of sp³-hybridized carbons (Fsp3) is 0.474. The van der Waals surface area contributed by atoms with E-state index in [0.29, 0.717) is 26.3 Å². The zero-order valence-corrected chi connectivity index (χ0v) is 16.1. The number of rotatable bonds is 7. The average molecular weight is 379 g/mol. The van der Waals surface area contributed by atoms with Crippen molar-refractivity contribution in [2.75, 3.05) is 33.3 Å². The lowest BCUT2D eigenvalue weighted by Gasteiger charge is -2.24. The number of benzene rings is 1. The molecule has 0 bridgehead atoms. The van der Waals surface area contributed by atoms with Crippen LogP contribution in [0.1, 0.15) is 17.0 Å². The summed E-state index contributed by atoms with van der Waals surface area (Å²) in [7, 11) is 3.76. The summed E-state index contributed by atoms with van der Waals surface area (Å²) >= 11 is 0. The van der Waals surface area contributed by atoms with Crippen LogP contribution < -0.4 is 5.32 Å². The minimum Gasteiger partial charge on any atom is -0.375 e. The number of hydrogen-bond donors (Lipinski definition) is 1. The molecule has 3 rings (SSSR count). The van der Waals surface area contributed by atoms with Gasteiger partial charge in [0.15, 0.2) is 0 Å². The molecular formula is C19H27ClN4O2. The van der Waals surface area contributed by atoms with Gasteiger partial charge in [-0.1, -0.05) is 30.3 Å². The Morgan fingerprint density at radius 3 is 2.81 bits per heavy atom. The summed E-state index contributed by atoms with van der Waals surface area (Å²) in [5, 5.41) is 7.57. The Labute approximate surface area is 160 Å². The van der Waals surface area contributed by atoms with Gasteiger partial charge in [-0.15, -0.1) is 12.4 Å². The molecule has 1 amide bonds. The number of likely N-dealkylation sites (N-methyl/N-ethyl adjacent to an activating group) is 1. The van der Waals surface area contributed by atoms with Gasteiger partial charge in [-0.2, -0.15) is 5.10 Å². The molecule has 7 heteroatoms. The maximum Gasteiger partial charge on any atom is 0.227 e. The molecule has 0 spiro atoms. The highest BCUT2D eigenvalue weighted by molar-refractivity contribution is 5.85. The molecule has 1 aromatic carbocycles. The molecule has 1 fully saturated rings. The number of ether oxygens (including phenoxy) is 1. The van der Waals surface area contributed by atoms with Crippen LogP contribution in [-0.4, -0.2) is 53.9 Å². The first-order chi connectivity index (χ1) is 12.1. The van der Waals surface area contributed by atoms with Gasteiger partial charge in [0.25, 0.3) is 0 Å². The van der Waals surface area contributed by atoms with Crippen molar-refractivity contribution in [3.8, 4) is 0 Å². The summed E-state index contributed by atoms with van der Waals surface area (Å²) in [6.07, 6.45) is 3.86. The highest BCUT2D eigenvalue weighted by Crippen LogP contribution is 2.29. The third-order valence-electron chi connectivity index (χ3n) is 4.74. The molecule has 1 saturated heterocycles. The van der Waals surface area contributed by atoms with Crippen LogP contribution in [-0.2, 0) is 23.2 Å². The van der Waals surface area contributed by atoms with Gasteiger partial charge in [0.2, 0.25) is 5.91 Å². The second-order valence-electron chi connectivity index (χ2n) is 6.62. The van der Waals surface area contributed by atoms with Crippen LogP contribution in [0, 0.1) is 5.92 Å². The van der Waals surface area contributed by atoms with Crippen LogP contribution in [0.5, 0.6) is 0 Å². The Bertz CT molecular complexity index is 692. The van der Waals surface area contributed by atoms with E-state index in [9.17, 15) is 4.79 Å². The van der Waals surface area contributed by atoms with E-state index in [4.69, 9.17) is 4.74 Å². The maximum absolute atomic E-state index is 12.8. The average Bonchev–Trinajstić information content (AvgIpc) is 3.27. The van der Waals surface area contributed by atoms with Gasteiger partial charge in [-0.3, -0.25) is 9.48 Å². The quantitative estimate of drug-likeness (QED) is 0.747. The Kier molecular flexibility index (Phi) is 7.63. The molecule has 2 heterocycles. The SMILES string of the molecule is CN(CCOCc1ccccc1)C(=O)[C@H]1CNC[C@@H]1c1cnn(C)c1.Cl. The predicted octanol–water partition coefficient (Wildman–Crippen LogP) is 1.82. The van der Waals surface area contributed by atoms with Crippen LogP contribution in [0.3, 0.4) is 0 Å². The number of aromatic nitrogens is 2. The molecule has 1 aliphatic heterocycles. The van der Waals surface area contributed by atoms with Gasteiger partial charge in [-0.25, -0.2) is 0 Å².